The number of rotatable bonds is 3. The second kappa shape index (κ2) is 10.7. The van der Waals surface area contributed by atoms with Crippen molar-refractivity contribution in [2.75, 3.05) is 0 Å². The maximum absolute atomic E-state index is 9.72. The Morgan fingerprint density at radius 1 is 0.367 bits per heavy atom. The maximum Gasteiger partial charge on any atom is 0.0991 e. The largest absolute Gasteiger partial charge is 0.309 e. The molecule has 0 bridgehead atoms. The minimum absolute atomic E-state index is 0.666. The summed E-state index contributed by atoms with van der Waals surface area (Å²) in [6.45, 7) is 0. The predicted octanol–water partition coefficient (Wildman–Crippen LogP) is 12.6. The zero-order valence-electron chi connectivity index (χ0n) is 26.6. The Balaban J connectivity index is 1.29. The van der Waals surface area contributed by atoms with Crippen LogP contribution in [0.25, 0.3) is 92.8 Å². The van der Waals surface area contributed by atoms with Crippen LogP contribution in [0.3, 0.4) is 0 Å². The van der Waals surface area contributed by atoms with Gasteiger partial charge in [-0.1, -0.05) is 121 Å². The molecule has 0 N–H and O–H groups in total. The lowest BCUT2D eigenvalue weighted by molar-refractivity contribution is 1.18. The smallest absolute Gasteiger partial charge is 0.0991 e. The van der Waals surface area contributed by atoms with Crippen LogP contribution in [0.5, 0.6) is 0 Å². The fraction of sp³-hybridized carbons (Fsp3) is 0. The molecule has 49 heavy (non-hydrogen) atoms. The van der Waals surface area contributed by atoms with Crippen LogP contribution in [0.1, 0.15) is 5.56 Å². The van der Waals surface area contributed by atoms with E-state index < -0.39 is 0 Å². The van der Waals surface area contributed by atoms with E-state index in [1.165, 1.54) is 59.8 Å². The molecule has 0 radical (unpaired) electrons. The van der Waals surface area contributed by atoms with Crippen molar-refractivity contribution >= 4 is 64.9 Å². The number of benzene rings is 9. The van der Waals surface area contributed by atoms with Gasteiger partial charge in [-0.05, 0) is 114 Å². The van der Waals surface area contributed by atoms with Gasteiger partial charge in [-0.15, -0.1) is 0 Å². The molecule has 0 amide bonds. The Kier molecular flexibility index (Phi) is 5.97. The molecule has 0 saturated heterocycles. The molecule has 0 spiro atoms. The molecule has 0 aliphatic carbocycles. The first-order valence-corrected chi connectivity index (χ1v) is 16.7. The average molecular weight is 621 g/mol. The second-order valence-electron chi connectivity index (χ2n) is 12.8. The molecule has 1 aromatic heterocycles. The molecule has 0 atom stereocenters. The van der Waals surface area contributed by atoms with E-state index in [9.17, 15) is 5.26 Å². The van der Waals surface area contributed by atoms with Crippen molar-refractivity contribution in [3.05, 3.63) is 175 Å². The van der Waals surface area contributed by atoms with Gasteiger partial charge in [0.25, 0.3) is 0 Å². The van der Waals surface area contributed by atoms with Crippen molar-refractivity contribution in [3.63, 3.8) is 0 Å². The van der Waals surface area contributed by atoms with Crippen molar-refractivity contribution in [3.8, 4) is 34.0 Å². The molecule has 10 aromatic rings. The molecule has 1 heterocycles. The van der Waals surface area contributed by atoms with Crippen LogP contribution in [0.4, 0.5) is 0 Å². The first-order chi connectivity index (χ1) is 24.3. The number of nitriles is 1. The number of fused-ring (bicyclic) bond motifs is 9. The highest BCUT2D eigenvalue weighted by molar-refractivity contribution is 6.25. The first kappa shape index (κ1) is 27.4. The lowest BCUT2D eigenvalue weighted by atomic mass is 9.86. The normalized spacial score (nSPS) is 11.7. The highest BCUT2D eigenvalue weighted by Gasteiger charge is 2.18. The predicted molar refractivity (Wildman–Crippen MR) is 206 cm³/mol. The Bertz CT molecular complexity index is 2990. The molecule has 2 heteroatoms. The van der Waals surface area contributed by atoms with Gasteiger partial charge in [-0.3, -0.25) is 0 Å². The molecular weight excluding hydrogens is 593 g/mol. The summed E-state index contributed by atoms with van der Waals surface area (Å²) in [6, 6.07) is 63.4. The van der Waals surface area contributed by atoms with Crippen molar-refractivity contribution in [2.24, 2.45) is 0 Å². The molecule has 10 rings (SSSR count). The van der Waals surface area contributed by atoms with Crippen molar-refractivity contribution in [2.45, 2.75) is 0 Å². The summed E-state index contributed by atoms with van der Waals surface area (Å²) < 4.78 is 2.32. The Labute approximate surface area is 283 Å². The van der Waals surface area contributed by atoms with E-state index in [4.69, 9.17) is 0 Å². The molecule has 9 aromatic carbocycles. The van der Waals surface area contributed by atoms with Crippen molar-refractivity contribution < 1.29 is 0 Å². The van der Waals surface area contributed by atoms with E-state index in [1.807, 2.05) is 18.2 Å². The molecule has 0 aliphatic heterocycles. The van der Waals surface area contributed by atoms with Gasteiger partial charge >= 0.3 is 0 Å². The minimum atomic E-state index is 0.666. The molecule has 0 saturated carbocycles. The van der Waals surface area contributed by atoms with Crippen LogP contribution in [0, 0.1) is 11.3 Å². The maximum atomic E-state index is 9.72. The highest BCUT2D eigenvalue weighted by Crippen LogP contribution is 2.44. The number of para-hydroxylation sites is 1. The van der Waals surface area contributed by atoms with Gasteiger partial charge in [-0.25, -0.2) is 0 Å². The van der Waals surface area contributed by atoms with E-state index in [0.717, 1.165) is 33.1 Å². The van der Waals surface area contributed by atoms with Crippen LogP contribution in [0.2, 0.25) is 0 Å². The van der Waals surface area contributed by atoms with Gasteiger partial charge in [0, 0.05) is 16.5 Å². The van der Waals surface area contributed by atoms with E-state index in [2.05, 4.69) is 162 Å². The zero-order valence-corrected chi connectivity index (χ0v) is 26.6. The summed E-state index contributed by atoms with van der Waals surface area (Å²) in [5.41, 5.74) is 8.84. The number of nitrogens with zero attached hydrogens (tertiary/aromatic N) is 2. The van der Waals surface area contributed by atoms with Crippen LogP contribution >= 0.6 is 0 Å². The fourth-order valence-electron chi connectivity index (χ4n) is 7.99. The summed E-state index contributed by atoms with van der Waals surface area (Å²) in [5, 5.41) is 21.9. The third-order valence-electron chi connectivity index (χ3n) is 10.2. The van der Waals surface area contributed by atoms with Crippen LogP contribution in [-0.4, -0.2) is 4.57 Å². The number of aromatic nitrogens is 1. The SMILES string of the molecule is N#Cc1ccc2c(c1)c1ccc(-c3cc4c5ccccc5c(-c5cccc6ccccc56)cc4c4ccccc34)cc1n2-c1ccccc1. The minimum Gasteiger partial charge on any atom is -0.309 e. The third-order valence-corrected chi connectivity index (χ3v) is 10.2. The van der Waals surface area contributed by atoms with E-state index >= 15 is 0 Å². The summed E-state index contributed by atoms with van der Waals surface area (Å²) in [7, 11) is 0. The van der Waals surface area contributed by atoms with Crippen LogP contribution in [0.15, 0.2) is 170 Å². The molecule has 0 fully saturated rings. The van der Waals surface area contributed by atoms with E-state index in [0.29, 0.717) is 5.56 Å². The fourth-order valence-corrected chi connectivity index (χ4v) is 7.99. The Morgan fingerprint density at radius 2 is 1.00 bits per heavy atom. The quantitative estimate of drug-likeness (QED) is 0.181. The van der Waals surface area contributed by atoms with E-state index in [-0.39, 0.29) is 0 Å². The van der Waals surface area contributed by atoms with E-state index in [1.54, 1.807) is 0 Å². The van der Waals surface area contributed by atoms with Gasteiger partial charge in [-0.2, -0.15) is 5.26 Å². The molecule has 226 valence electrons. The van der Waals surface area contributed by atoms with Gasteiger partial charge in [0.1, 0.15) is 0 Å². The number of hydrogen-bond donors (Lipinski definition) is 0. The summed E-state index contributed by atoms with van der Waals surface area (Å²) in [5.74, 6) is 0. The van der Waals surface area contributed by atoms with Gasteiger partial charge in [0.05, 0.1) is 22.7 Å². The first-order valence-electron chi connectivity index (χ1n) is 16.7. The van der Waals surface area contributed by atoms with Crippen molar-refractivity contribution in [1.82, 2.24) is 4.57 Å². The lowest BCUT2D eigenvalue weighted by Crippen LogP contribution is -1.94. The number of hydrogen-bond acceptors (Lipinski definition) is 1. The van der Waals surface area contributed by atoms with Gasteiger partial charge in [0.2, 0.25) is 0 Å². The zero-order chi connectivity index (χ0) is 32.5. The van der Waals surface area contributed by atoms with Gasteiger partial charge < -0.3 is 4.57 Å². The monoisotopic (exact) mass is 620 g/mol. The topological polar surface area (TPSA) is 28.7 Å². The van der Waals surface area contributed by atoms with Crippen molar-refractivity contribution in [1.29, 1.82) is 5.26 Å². The molecule has 2 nitrogen and oxygen atoms in total. The second-order valence-corrected chi connectivity index (χ2v) is 12.8. The molecular formula is C47H28N2. The lowest BCUT2D eigenvalue weighted by Gasteiger charge is -2.17. The standard InChI is InChI=1S/C47H28N2/c48-29-30-21-24-46-45(25-30)40-23-22-32(26-47(40)49(46)33-13-2-1-3-14-33)41-27-43-39-19-9-8-18-38(39)42(28-44(43)37-17-7-6-16-36(37)41)35-20-10-12-31-11-4-5-15-34(31)35/h1-28H. The van der Waals surface area contributed by atoms with Crippen LogP contribution < -0.4 is 0 Å². The summed E-state index contributed by atoms with van der Waals surface area (Å²) >= 11 is 0. The highest BCUT2D eigenvalue weighted by atomic mass is 15.0. The molecule has 0 unspecified atom stereocenters. The summed E-state index contributed by atoms with van der Waals surface area (Å²) in [6.07, 6.45) is 0. The van der Waals surface area contributed by atoms with Crippen LogP contribution in [-0.2, 0) is 0 Å². The van der Waals surface area contributed by atoms with Gasteiger partial charge in [0.15, 0.2) is 0 Å². The third kappa shape index (κ3) is 4.13. The molecule has 0 aliphatic rings. The summed E-state index contributed by atoms with van der Waals surface area (Å²) in [4.78, 5) is 0. The Morgan fingerprint density at radius 3 is 1.76 bits per heavy atom. The average Bonchev–Trinajstić information content (AvgIpc) is 3.50. The Hall–Kier alpha value is -6.69.